The molecule has 1 saturated heterocycles. The van der Waals surface area contributed by atoms with Crippen LogP contribution in [-0.2, 0) is 6.54 Å². The predicted molar refractivity (Wildman–Crippen MR) is 98.0 cm³/mol. The lowest BCUT2D eigenvalue weighted by molar-refractivity contribution is 0.502. The van der Waals surface area contributed by atoms with E-state index in [1.807, 2.05) is 31.4 Å². The van der Waals surface area contributed by atoms with Gasteiger partial charge in [0, 0.05) is 32.0 Å². The van der Waals surface area contributed by atoms with Crippen LogP contribution in [0.1, 0.15) is 24.8 Å². The Balaban J connectivity index is 1.31. The van der Waals surface area contributed by atoms with Crippen LogP contribution < -0.4 is 26.8 Å². The van der Waals surface area contributed by atoms with Crippen molar-refractivity contribution in [2.24, 2.45) is 5.92 Å². The Morgan fingerprint density at radius 2 is 2.04 bits per heavy atom. The minimum atomic E-state index is 0.201. The SMILES string of the molecule is CNc1ccc(CNc2nccc(NC3CC(C4CC4)NN3)n2)cn1. The highest BCUT2D eigenvalue weighted by Crippen LogP contribution is 2.35. The van der Waals surface area contributed by atoms with Gasteiger partial charge in [-0.25, -0.2) is 15.4 Å². The molecule has 0 spiro atoms. The predicted octanol–water partition coefficient (Wildman–Crippen LogP) is 1.54. The molecule has 2 aromatic heterocycles. The van der Waals surface area contributed by atoms with Gasteiger partial charge >= 0.3 is 0 Å². The number of nitrogens with one attached hydrogen (secondary N) is 5. The molecule has 0 aromatic carbocycles. The maximum Gasteiger partial charge on any atom is 0.224 e. The van der Waals surface area contributed by atoms with Crippen molar-refractivity contribution in [1.82, 2.24) is 25.8 Å². The van der Waals surface area contributed by atoms with E-state index < -0.39 is 0 Å². The largest absolute Gasteiger partial charge is 0.373 e. The lowest BCUT2D eigenvalue weighted by Crippen LogP contribution is -2.37. The maximum atomic E-state index is 4.54. The van der Waals surface area contributed by atoms with Crippen molar-refractivity contribution in [2.75, 3.05) is 23.0 Å². The average molecular weight is 340 g/mol. The summed E-state index contributed by atoms with van der Waals surface area (Å²) < 4.78 is 0. The minimum absolute atomic E-state index is 0.201. The molecular formula is C17H24N8. The van der Waals surface area contributed by atoms with Crippen molar-refractivity contribution in [3.63, 3.8) is 0 Å². The Morgan fingerprint density at radius 3 is 2.80 bits per heavy atom. The number of rotatable bonds is 7. The summed E-state index contributed by atoms with van der Waals surface area (Å²) in [7, 11) is 1.86. The van der Waals surface area contributed by atoms with Crippen LogP contribution in [0.2, 0.25) is 0 Å². The Labute approximate surface area is 147 Å². The molecule has 5 N–H and O–H groups in total. The van der Waals surface area contributed by atoms with Gasteiger partial charge in [-0.3, -0.25) is 5.43 Å². The fraction of sp³-hybridized carbons (Fsp3) is 0.471. The normalized spacial score (nSPS) is 22.6. The summed E-state index contributed by atoms with van der Waals surface area (Å²) in [5.41, 5.74) is 7.76. The van der Waals surface area contributed by atoms with Gasteiger partial charge in [0.25, 0.3) is 0 Å². The highest BCUT2D eigenvalue weighted by atomic mass is 15.5. The zero-order chi connectivity index (χ0) is 17.1. The third kappa shape index (κ3) is 4.15. The molecule has 2 fully saturated rings. The molecule has 1 aliphatic heterocycles. The molecular weight excluding hydrogens is 316 g/mol. The van der Waals surface area contributed by atoms with Crippen LogP contribution in [0.3, 0.4) is 0 Å². The van der Waals surface area contributed by atoms with Gasteiger partial charge in [-0.15, -0.1) is 0 Å². The first-order chi connectivity index (χ1) is 12.3. The van der Waals surface area contributed by atoms with E-state index in [-0.39, 0.29) is 6.17 Å². The monoisotopic (exact) mass is 340 g/mol. The smallest absolute Gasteiger partial charge is 0.224 e. The highest BCUT2D eigenvalue weighted by molar-refractivity contribution is 5.41. The van der Waals surface area contributed by atoms with Crippen molar-refractivity contribution in [1.29, 1.82) is 0 Å². The molecule has 2 aromatic rings. The van der Waals surface area contributed by atoms with E-state index in [4.69, 9.17) is 0 Å². The van der Waals surface area contributed by atoms with E-state index in [1.165, 1.54) is 12.8 Å². The summed E-state index contributed by atoms with van der Waals surface area (Å²) in [4.78, 5) is 13.1. The van der Waals surface area contributed by atoms with Crippen LogP contribution >= 0.6 is 0 Å². The number of aromatic nitrogens is 3. The standard InChI is InChI=1S/C17H24N8/c1-18-14-5-2-11(9-20-14)10-21-17-19-7-6-15(23-17)22-16-8-13(24-25-16)12-3-4-12/h2,5-7,9,12-13,16,24-25H,3-4,8,10H2,1H3,(H,18,20)(H2,19,21,22,23). The Kier molecular flexibility index (Phi) is 4.62. The van der Waals surface area contributed by atoms with Gasteiger partial charge in [0.15, 0.2) is 0 Å². The van der Waals surface area contributed by atoms with Crippen LogP contribution in [-0.4, -0.2) is 34.2 Å². The van der Waals surface area contributed by atoms with Crippen LogP contribution in [0.4, 0.5) is 17.6 Å². The minimum Gasteiger partial charge on any atom is -0.373 e. The molecule has 2 aliphatic rings. The molecule has 4 rings (SSSR count). The highest BCUT2D eigenvalue weighted by Gasteiger charge is 2.36. The molecule has 1 saturated carbocycles. The molecule has 132 valence electrons. The molecule has 8 nitrogen and oxygen atoms in total. The quantitative estimate of drug-likeness (QED) is 0.518. The van der Waals surface area contributed by atoms with E-state index >= 15 is 0 Å². The van der Waals surface area contributed by atoms with Crippen molar-refractivity contribution in [3.8, 4) is 0 Å². The topological polar surface area (TPSA) is 98.8 Å². The maximum absolute atomic E-state index is 4.54. The third-order valence-corrected chi connectivity index (χ3v) is 4.63. The number of hydrazine groups is 1. The second kappa shape index (κ2) is 7.20. The van der Waals surface area contributed by atoms with E-state index in [2.05, 4.69) is 41.8 Å². The third-order valence-electron chi connectivity index (χ3n) is 4.63. The van der Waals surface area contributed by atoms with Gasteiger partial charge in [-0.05, 0) is 42.9 Å². The van der Waals surface area contributed by atoms with E-state index in [0.717, 1.165) is 29.5 Å². The molecule has 0 bridgehead atoms. The first-order valence-corrected chi connectivity index (χ1v) is 8.77. The van der Waals surface area contributed by atoms with Gasteiger partial charge in [0.05, 0.1) is 6.17 Å². The van der Waals surface area contributed by atoms with Gasteiger partial charge in [-0.1, -0.05) is 6.07 Å². The molecule has 3 heterocycles. The van der Waals surface area contributed by atoms with Crippen molar-refractivity contribution < 1.29 is 0 Å². The second-order valence-electron chi connectivity index (χ2n) is 6.59. The lowest BCUT2D eigenvalue weighted by Gasteiger charge is -2.13. The molecule has 1 aliphatic carbocycles. The fourth-order valence-corrected chi connectivity index (χ4v) is 3.04. The molecule has 2 atom stereocenters. The Bertz CT molecular complexity index is 700. The molecule has 0 amide bonds. The molecule has 8 heteroatoms. The van der Waals surface area contributed by atoms with Crippen LogP contribution in [0, 0.1) is 5.92 Å². The summed E-state index contributed by atoms with van der Waals surface area (Å²) in [5, 5.41) is 9.67. The first-order valence-electron chi connectivity index (χ1n) is 8.77. The zero-order valence-corrected chi connectivity index (χ0v) is 14.3. The van der Waals surface area contributed by atoms with Crippen LogP contribution in [0.15, 0.2) is 30.6 Å². The zero-order valence-electron chi connectivity index (χ0n) is 14.3. The van der Waals surface area contributed by atoms with Crippen molar-refractivity contribution >= 4 is 17.6 Å². The summed E-state index contributed by atoms with van der Waals surface area (Å²) >= 11 is 0. The van der Waals surface area contributed by atoms with Crippen molar-refractivity contribution in [2.45, 2.75) is 38.0 Å². The Morgan fingerprint density at radius 1 is 1.12 bits per heavy atom. The first kappa shape index (κ1) is 16.0. The van der Waals surface area contributed by atoms with Crippen LogP contribution in [0.5, 0.6) is 0 Å². The summed E-state index contributed by atoms with van der Waals surface area (Å²) in [5.74, 6) is 3.11. The van der Waals surface area contributed by atoms with Gasteiger partial charge in [0.1, 0.15) is 11.6 Å². The number of anilines is 3. The van der Waals surface area contributed by atoms with E-state index in [0.29, 0.717) is 18.5 Å². The number of nitrogens with zero attached hydrogens (tertiary/aromatic N) is 3. The fourth-order valence-electron chi connectivity index (χ4n) is 3.04. The Hall–Kier alpha value is -2.45. The van der Waals surface area contributed by atoms with Crippen LogP contribution in [0.25, 0.3) is 0 Å². The van der Waals surface area contributed by atoms with Gasteiger partial charge in [0.2, 0.25) is 5.95 Å². The van der Waals surface area contributed by atoms with Gasteiger partial charge in [-0.2, -0.15) is 4.98 Å². The second-order valence-corrected chi connectivity index (χ2v) is 6.59. The van der Waals surface area contributed by atoms with Gasteiger partial charge < -0.3 is 16.0 Å². The van der Waals surface area contributed by atoms with Crippen molar-refractivity contribution in [3.05, 3.63) is 36.2 Å². The number of hydrogen-bond acceptors (Lipinski definition) is 8. The molecule has 25 heavy (non-hydrogen) atoms. The number of pyridine rings is 1. The number of hydrogen-bond donors (Lipinski definition) is 5. The summed E-state index contributed by atoms with van der Waals surface area (Å²) in [6.45, 7) is 0.632. The summed E-state index contributed by atoms with van der Waals surface area (Å²) in [6.07, 6.45) is 7.57. The molecule has 0 radical (unpaired) electrons. The lowest BCUT2D eigenvalue weighted by atomic mass is 10.1. The van der Waals surface area contributed by atoms with E-state index in [9.17, 15) is 0 Å². The summed E-state index contributed by atoms with van der Waals surface area (Å²) in [6, 6.07) is 6.44. The van der Waals surface area contributed by atoms with E-state index in [1.54, 1.807) is 6.20 Å². The molecule has 2 unspecified atom stereocenters. The average Bonchev–Trinajstić information content (AvgIpc) is 3.40.